The molecule has 1 atom stereocenters. The van der Waals surface area contributed by atoms with Crippen LogP contribution in [-0.4, -0.2) is 11.8 Å². The van der Waals surface area contributed by atoms with Gasteiger partial charge in [-0.3, -0.25) is 9.59 Å². The molecule has 0 saturated carbocycles. The molecular formula is C27H19Cl2IN2O2S. The molecule has 0 aliphatic rings. The molecule has 0 aliphatic carbocycles. The van der Waals surface area contributed by atoms with Crippen LogP contribution in [0, 0.1) is 3.57 Å². The van der Waals surface area contributed by atoms with E-state index in [9.17, 15) is 9.59 Å². The molecule has 0 aliphatic heterocycles. The van der Waals surface area contributed by atoms with Crippen LogP contribution in [-0.2, 0) is 4.79 Å². The first-order valence-electron chi connectivity index (χ1n) is 10.5. The fourth-order valence-corrected chi connectivity index (χ4v) is 5.23. The Hall–Kier alpha value is -2.52. The Morgan fingerprint density at radius 2 is 1.51 bits per heavy atom. The van der Waals surface area contributed by atoms with Crippen molar-refractivity contribution in [3.05, 3.63) is 122 Å². The molecule has 2 amide bonds. The maximum atomic E-state index is 13.3. The fourth-order valence-electron chi connectivity index (χ4n) is 3.30. The molecule has 0 aromatic heterocycles. The van der Waals surface area contributed by atoms with E-state index in [2.05, 4.69) is 33.2 Å². The van der Waals surface area contributed by atoms with Gasteiger partial charge in [0.2, 0.25) is 5.91 Å². The van der Waals surface area contributed by atoms with Gasteiger partial charge in [-0.25, -0.2) is 0 Å². The number of amides is 2. The van der Waals surface area contributed by atoms with E-state index in [1.54, 1.807) is 18.2 Å². The summed E-state index contributed by atoms with van der Waals surface area (Å²) < 4.78 is 1.09. The van der Waals surface area contributed by atoms with E-state index in [4.69, 9.17) is 23.2 Å². The van der Waals surface area contributed by atoms with E-state index < -0.39 is 5.25 Å². The Morgan fingerprint density at radius 1 is 0.771 bits per heavy atom. The highest BCUT2D eigenvalue weighted by molar-refractivity contribution is 14.1. The number of thioether (sulfide) groups is 1. The molecule has 176 valence electrons. The number of rotatable bonds is 7. The normalized spacial score (nSPS) is 11.5. The van der Waals surface area contributed by atoms with E-state index in [0.29, 0.717) is 16.3 Å². The SMILES string of the molecule is O=C(Nc1cccc(SC(C(=O)Nc2ccc(I)cc2)c2ccccc2)c1)c1ccc(Cl)cc1Cl. The maximum Gasteiger partial charge on any atom is 0.257 e. The number of halogens is 3. The summed E-state index contributed by atoms with van der Waals surface area (Å²) in [5.74, 6) is -0.477. The summed E-state index contributed by atoms with van der Waals surface area (Å²) >= 11 is 15.7. The lowest BCUT2D eigenvalue weighted by atomic mass is 10.1. The third-order valence-electron chi connectivity index (χ3n) is 4.97. The lowest BCUT2D eigenvalue weighted by Gasteiger charge is -2.18. The van der Waals surface area contributed by atoms with Gasteiger partial charge in [-0.05, 0) is 88.8 Å². The van der Waals surface area contributed by atoms with Gasteiger partial charge >= 0.3 is 0 Å². The van der Waals surface area contributed by atoms with Gasteiger partial charge in [-0.1, -0.05) is 59.6 Å². The third-order valence-corrected chi connectivity index (χ3v) is 7.49. The van der Waals surface area contributed by atoms with Gasteiger partial charge in [0.05, 0.1) is 10.6 Å². The van der Waals surface area contributed by atoms with Crippen LogP contribution in [0.4, 0.5) is 11.4 Å². The average molecular weight is 633 g/mol. The number of nitrogens with one attached hydrogen (secondary N) is 2. The lowest BCUT2D eigenvalue weighted by Crippen LogP contribution is -2.19. The van der Waals surface area contributed by atoms with Crippen molar-refractivity contribution >= 4 is 80.7 Å². The summed E-state index contributed by atoms with van der Waals surface area (Å²) in [6.45, 7) is 0. The molecule has 8 heteroatoms. The molecule has 4 nitrogen and oxygen atoms in total. The summed E-state index contributed by atoms with van der Waals surface area (Å²) in [6, 6.07) is 29.3. The quantitative estimate of drug-likeness (QED) is 0.159. The third kappa shape index (κ3) is 7.01. The zero-order valence-electron chi connectivity index (χ0n) is 18.2. The zero-order chi connectivity index (χ0) is 24.8. The van der Waals surface area contributed by atoms with Gasteiger partial charge in [-0.2, -0.15) is 0 Å². The zero-order valence-corrected chi connectivity index (χ0v) is 22.7. The molecule has 0 fully saturated rings. The first-order chi connectivity index (χ1) is 16.9. The Kier molecular flexibility index (Phi) is 8.73. The molecule has 0 radical (unpaired) electrons. The molecule has 2 N–H and O–H groups in total. The second-order valence-corrected chi connectivity index (χ2v) is 10.8. The minimum Gasteiger partial charge on any atom is -0.325 e. The molecular weight excluding hydrogens is 614 g/mol. The number of carbonyl (C=O) groups excluding carboxylic acids is 2. The number of carbonyl (C=O) groups is 2. The highest BCUT2D eigenvalue weighted by atomic mass is 127. The van der Waals surface area contributed by atoms with E-state index >= 15 is 0 Å². The standard InChI is InChI=1S/C27H19Cl2IN2O2S/c28-18-9-14-23(24(29)15-18)26(33)32-21-7-4-8-22(16-21)35-25(17-5-2-1-3-6-17)27(34)31-20-12-10-19(30)11-13-20/h1-16,25H,(H,31,34)(H,32,33). The Labute approximate surface area is 231 Å². The predicted octanol–water partition coefficient (Wildman–Crippen LogP) is 8.32. The van der Waals surface area contributed by atoms with E-state index in [1.807, 2.05) is 72.8 Å². The van der Waals surface area contributed by atoms with Crippen molar-refractivity contribution in [1.29, 1.82) is 0 Å². The molecule has 0 spiro atoms. The largest absolute Gasteiger partial charge is 0.325 e. The van der Waals surface area contributed by atoms with Gasteiger partial charge in [0, 0.05) is 24.9 Å². The van der Waals surface area contributed by atoms with E-state index in [-0.39, 0.29) is 16.8 Å². The van der Waals surface area contributed by atoms with Crippen LogP contribution in [0.1, 0.15) is 21.2 Å². The number of anilines is 2. The molecule has 0 heterocycles. The number of benzene rings is 4. The topological polar surface area (TPSA) is 58.2 Å². The van der Waals surface area contributed by atoms with Gasteiger partial charge in [0.1, 0.15) is 5.25 Å². The highest BCUT2D eigenvalue weighted by Crippen LogP contribution is 2.37. The average Bonchev–Trinajstić information content (AvgIpc) is 2.84. The molecule has 1 unspecified atom stereocenters. The van der Waals surface area contributed by atoms with Crippen molar-refractivity contribution in [2.45, 2.75) is 10.1 Å². The number of hydrogen-bond acceptors (Lipinski definition) is 3. The summed E-state index contributed by atoms with van der Waals surface area (Å²) in [7, 11) is 0. The summed E-state index contributed by atoms with van der Waals surface area (Å²) in [6.07, 6.45) is 0. The van der Waals surface area contributed by atoms with Gasteiger partial charge < -0.3 is 10.6 Å². The Balaban J connectivity index is 1.54. The predicted molar refractivity (Wildman–Crippen MR) is 154 cm³/mol. The van der Waals surface area contributed by atoms with Crippen LogP contribution in [0.15, 0.2) is 102 Å². The van der Waals surface area contributed by atoms with E-state index in [0.717, 1.165) is 19.7 Å². The summed E-state index contributed by atoms with van der Waals surface area (Å²) in [4.78, 5) is 26.8. The number of hydrogen-bond donors (Lipinski definition) is 2. The summed E-state index contributed by atoms with van der Waals surface area (Å²) in [5.41, 5.74) is 2.53. The lowest BCUT2D eigenvalue weighted by molar-refractivity contribution is -0.115. The van der Waals surface area contributed by atoms with Gasteiger partial charge in [0.15, 0.2) is 0 Å². The van der Waals surface area contributed by atoms with Crippen LogP contribution >= 0.6 is 57.6 Å². The Morgan fingerprint density at radius 3 is 2.23 bits per heavy atom. The minimum atomic E-state index is -0.493. The fraction of sp³-hybridized carbons (Fsp3) is 0.0370. The van der Waals surface area contributed by atoms with Gasteiger partial charge in [0.25, 0.3) is 5.91 Å². The second-order valence-electron chi connectivity index (χ2n) is 7.51. The van der Waals surface area contributed by atoms with Crippen molar-refractivity contribution in [3.63, 3.8) is 0 Å². The van der Waals surface area contributed by atoms with Crippen LogP contribution in [0.5, 0.6) is 0 Å². The molecule has 4 rings (SSSR count). The van der Waals surface area contributed by atoms with Crippen molar-refractivity contribution in [2.75, 3.05) is 10.6 Å². The van der Waals surface area contributed by atoms with Crippen LogP contribution in [0.3, 0.4) is 0 Å². The highest BCUT2D eigenvalue weighted by Gasteiger charge is 2.22. The van der Waals surface area contributed by atoms with Crippen molar-refractivity contribution in [2.24, 2.45) is 0 Å². The van der Waals surface area contributed by atoms with Crippen LogP contribution in [0.2, 0.25) is 10.0 Å². The molecule has 35 heavy (non-hydrogen) atoms. The van der Waals surface area contributed by atoms with Gasteiger partial charge in [-0.15, -0.1) is 11.8 Å². The van der Waals surface area contributed by atoms with Crippen molar-refractivity contribution in [1.82, 2.24) is 0 Å². The van der Waals surface area contributed by atoms with Crippen molar-refractivity contribution in [3.8, 4) is 0 Å². The maximum absolute atomic E-state index is 13.3. The molecule has 4 aromatic rings. The van der Waals surface area contributed by atoms with E-state index in [1.165, 1.54) is 17.8 Å². The smallest absolute Gasteiger partial charge is 0.257 e. The minimum absolute atomic E-state index is 0.134. The monoisotopic (exact) mass is 632 g/mol. The molecule has 0 saturated heterocycles. The second kappa shape index (κ2) is 11.9. The molecule has 0 bridgehead atoms. The van der Waals surface area contributed by atoms with Crippen molar-refractivity contribution < 1.29 is 9.59 Å². The Bertz CT molecular complexity index is 1350. The molecule has 4 aromatic carbocycles. The first-order valence-corrected chi connectivity index (χ1v) is 13.2. The van der Waals surface area contributed by atoms with Crippen LogP contribution < -0.4 is 10.6 Å². The van der Waals surface area contributed by atoms with Crippen LogP contribution in [0.25, 0.3) is 0 Å². The summed E-state index contributed by atoms with van der Waals surface area (Å²) in [5, 5.41) is 6.11. The first kappa shape index (κ1) is 25.6.